The van der Waals surface area contributed by atoms with Gasteiger partial charge in [0.25, 0.3) is 5.91 Å². The number of carbonyl (C=O) groups excluding carboxylic acids is 1. The van der Waals surface area contributed by atoms with Crippen LogP contribution < -0.4 is 5.14 Å². The summed E-state index contributed by atoms with van der Waals surface area (Å²) in [6.45, 7) is 4.24. The van der Waals surface area contributed by atoms with Crippen molar-refractivity contribution in [3.05, 3.63) is 58.9 Å². The van der Waals surface area contributed by atoms with E-state index in [1.165, 1.54) is 12.1 Å². The fraction of sp³-hybridized carbons (Fsp3) is 0.333. The van der Waals surface area contributed by atoms with Gasteiger partial charge >= 0.3 is 0 Å². The molecule has 1 aromatic heterocycles. The fourth-order valence-electron chi connectivity index (χ4n) is 3.30. The van der Waals surface area contributed by atoms with Crippen LogP contribution in [0.3, 0.4) is 0 Å². The molecular formula is C18H21N3O3S. The highest BCUT2D eigenvalue weighted by Gasteiger charge is 2.32. The van der Waals surface area contributed by atoms with Gasteiger partial charge in [-0.1, -0.05) is 6.07 Å². The van der Waals surface area contributed by atoms with E-state index >= 15 is 0 Å². The lowest BCUT2D eigenvalue weighted by atomic mass is 10.0. The molecule has 2 N–H and O–H groups in total. The van der Waals surface area contributed by atoms with Gasteiger partial charge in [0.05, 0.1) is 10.9 Å². The molecule has 0 radical (unpaired) electrons. The highest BCUT2D eigenvalue weighted by atomic mass is 32.2. The molecule has 7 heteroatoms. The smallest absolute Gasteiger partial charge is 0.254 e. The summed E-state index contributed by atoms with van der Waals surface area (Å²) >= 11 is 0. The maximum atomic E-state index is 13.2. The monoisotopic (exact) mass is 359 g/mol. The lowest BCUT2D eigenvalue weighted by Crippen LogP contribution is -2.31. The second-order valence-corrected chi connectivity index (χ2v) is 7.96. The molecule has 0 aliphatic carbocycles. The number of amides is 1. The lowest BCUT2D eigenvalue weighted by Gasteiger charge is -2.26. The van der Waals surface area contributed by atoms with E-state index < -0.39 is 10.0 Å². The number of primary sulfonamides is 1. The van der Waals surface area contributed by atoms with Gasteiger partial charge in [-0.15, -0.1) is 0 Å². The maximum Gasteiger partial charge on any atom is 0.254 e. The molecule has 1 atom stereocenters. The first kappa shape index (κ1) is 17.6. The summed E-state index contributed by atoms with van der Waals surface area (Å²) < 4.78 is 23.4. The summed E-state index contributed by atoms with van der Waals surface area (Å²) in [7, 11) is -3.87. The Hall–Kier alpha value is -2.25. The van der Waals surface area contributed by atoms with E-state index in [-0.39, 0.29) is 16.8 Å². The van der Waals surface area contributed by atoms with Crippen LogP contribution in [0.1, 0.15) is 45.9 Å². The molecule has 1 aromatic carbocycles. The Morgan fingerprint density at radius 3 is 2.72 bits per heavy atom. The predicted octanol–water partition coefficient (Wildman–Crippen LogP) is 2.32. The van der Waals surface area contributed by atoms with Crippen molar-refractivity contribution in [2.75, 3.05) is 6.54 Å². The Balaban J connectivity index is 2.02. The fourth-order valence-corrected chi connectivity index (χ4v) is 3.92. The zero-order valence-electron chi connectivity index (χ0n) is 14.3. The van der Waals surface area contributed by atoms with E-state index in [0.717, 1.165) is 29.5 Å². The van der Waals surface area contributed by atoms with Gasteiger partial charge in [0.15, 0.2) is 0 Å². The van der Waals surface area contributed by atoms with E-state index in [1.54, 1.807) is 24.2 Å². The average Bonchev–Trinajstić information content (AvgIpc) is 3.06. The van der Waals surface area contributed by atoms with Crippen LogP contribution in [-0.2, 0) is 10.0 Å². The molecule has 1 unspecified atom stereocenters. The van der Waals surface area contributed by atoms with Crippen molar-refractivity contribution in [3.8, 4) is 0 Å². The van der Waals surface area contributed by atoms with Crippen molar-refractivity contribution in [2.45, 2.75) is 37.6 Å². The first-order valence-corrected chi connectivity index (χ1v) is 9.68. The SMILES string of the molecule is Cc1cc(S(N)(=O)=O)cc(C(=O)N2CCCC2c2cccnc2)c1C. The quantitative estimate of drug-likeness (QED) is 0.910. The van der Waals surface area contributed by atoms with Crippen LogP contribution >= 0.6 is 0 Å². The molecule has 0 bridgehead atoms. The first-order chi connectivity index (χ1) is 11.8. The summed E-state index contributed by atoms with van der Waals surface area (Å²) in [5, 5.41) is 5.26. The second kappa shape index (κ2) is 6.57. The number of aryl methyl sites for hydroxylation is 1. The highest BCUT2D eigenvalue weighted by Crippen LogP contribution is 2.33. The number of rotatable bonds is 3. The molecule has 1 saturated heterocycles. The molecule has 6 nitrogen and oxygen atoms in total. The Labute approximate surface area is 147 Å². The van der Waals surface area contributed by atoms with Crippen molar-refractivity contribution >= 4 is 15.9 Å². The number of hydrogen-bond acceptors (Lipinski definition) is 4. The minimum Gasteiger partial charge on any atom is -0.332 e. The number of nitrogens with two attached hydrogens (primary N) is 1. The first-order valence-electron chi connectivity index (χ1n) is 8.14. The van der Waals surface area contributed by atoms with Gasteiger partial charge in [0.2, 0.25) is 10.0 Å². The van der Waals surface area contributed by atoms with Crippen molar-refractivity contribution in [3.63, 3.8) is 0 Å². The van der Waals surface area contributed by atoms with Gasteiger partial charge in [-0.05, 0) is 61.6 Å². The van der Waals surface area contributed by atoms with Crippen LogP contribution in [0.25, 0.3) is 0 Å². The number of likely N-dealkylation sites (tertiary alicyclic amines) is 1. The molecule has 0 saturated carbocycles. The Morgan fingerprint density at radius 1 is 1.32 bits per heavy atom. The summed E-state index contributed by atoms with van der Waals surface area (Å²) in [5.74, 6) is -0.169. The number of carbonyl (C=O) groups is 1. The Bertz CT molecular complexity index is 911. The molecular weight excluding hydrogens is 338 g/mol. The maximum absolute atomic E-state index is 13.2. The van der Waals surface area contributed by atoms with Crippen molar-refractivity contribution in [2.24, 2.45) is 5.14 Å². The number of pyridine rings is 1. The second-order valence-electron chi connectivity index (χ2n) is 6.40. The minimum absolute atomic E-state index is 0.0314. The van der Waals surface area contributed by atoms with E-state index in [0.29, 0.717) is 12.1 Å². The molecule has 1 aliphatic heterocycles. The van der Waals surface area contributed by atoms with Crippen LogP contribution in [0, 0.1) is 13.8 Å². The van der Waals surface area contributed by atoms with Gasteiger partial charge in [-0.3, -0.25) is 9.78 Å². The molecule has 1 aliphatic rings. The Morgan fingerprint density at radius 2 is 2.08 bits per heavy atom. The van der Waals surface area contributed by atoms with Crippen LogP contribution in [0.5, 0.6) is 0 Å². The average molecular weight is 359 g/mol. The summed E-state index contributed by atoms with van der Waals surface area (Å²) in [6, 6.07) is 6.66. The van der Waals surface area contributed by atoms with Gasteiger partial charge in [-0.2, -0.15) is 0 Å². The topological polar surface area (TPSA) is 93.4 Å². The highest BCUT2D eigenvalue weighted by molar-refractivity contribution is 7.89. The van der Waals surface area contributed by atoms with Crippen LogP contribution in [0.15, 0.2) is 41.6 Å². The Kier molecular flexibility index (Phi) is 4.62. The molecule has 3 rings (SSSR count). The summed E-state index contributed by atoms with van der Waals surface area (Å²) in [5.41, 5.74) is 2.88. The van der Waals surface area contributed by atoms with E-state index in [4.69, 9.17) is 5.14 Å². The number of nitrogens with zero attached hydrogens (tertiary/aromatic N) is 2. The number of aromatic nitrogens is 1. The van der Waals surface area contributed by atoms with E-state index in [1.807, 2.05) is 19.1 Å². The van der Waals surface area contributed by atoms with Gasteiger partial charge in [0.1, 0.15) is 0 Å². The third-order valence-electron chi connectivity index (χ3n) is 4.78. The summed E-state index contributed by atoms with van der Waals surface area (Å²) in [4.78, 5) is 19.1. The molecule has 25 heavy (non-hydrogen) atoms. The van der Waals surface area contributed by atoms with Crippen LogP contribution in [0.4, 0.5) is 0 Å². The molecule has 1 fully saturated rings. The molecule has 132 valence electrons. The number of sulfonamides is 1. The van der Waals surface area contributed by atoms with Gasteiger partial charge in [-0.25, -0.2) is 13.6 Å². The predicted molar refractivity (Wildman–Crippen MR) is 94.5 cm³/mol. The third kappa shape index (κ3) is 3.43. The van der Waals surface area contributed by atoms with Crippen LogP contribution in [0.2, 0.25) is 0 Å². The van der Waals surface area contributed by atoms with E-state index in [9.17, 15) is 13.2 Å². The zero-order chi connectivity index (χ0) is 18.2. The molecule has 2 aromatic rings. The number of benzene rings is 1. The van der Waals surface area contributed by atoms with Crippen molar-refractivity contribution in [1.82, 2.24) is 9.88 Å². The van der Waals surface area contributed by atoms with Crippen molar-refractivity contribution in [1.29, 1.82) is 0 Å². The lowest BCUT2D eigenvalue weighted by molar-refractivity contribution is 0.0734. The standard InChI is InChI=1S/C18H21N3O3S/c1-12-9-15(25(19,23)24)10-16(13(12)2)18(22)21-8-4-6-17(21)14-5-3-7-20-11-14/h3,5,7,9-11,17H,4,6,8H2,1-2H3,(H2,19,23,24). The third-order valence-corrected chi connectivity index (χ3v) is 5.68. The molecule has 1 amide bonds. The minimum atomic E-state index is -3.87. The van der Waals surface area contributed by atoms with E-state index in [2.05, 4.69) is 4.98 Å². The summed E-state index contributed by atoms with van der Waals surface area (Å²) in [6.07, 6.45) is 5.24. The molecule has 0 spiro atoms. The van der Waals surface area contributed by atoms with Crippen LogP contribution in [-0.4, -0.2) is 30.8 Å². The normalized spacial score (nSPS) is 17.7. The number of hydrogen-bond donors (Lipinski definition) is 1. The molecule has 2 heterocycles. The van der Waals surface area contributed by atoms with Crippen molar-refractivity contribution < 1.29 is 13.2 Å². The van der Waals surface area contributed by atoms with Gasteiger partial charge < -0.3 is 4.90 Å². The van der Waals surface area contributed by atoms with Gasteiger partial charge in [0, 0.05) is 24.5 Å². The zero-order valence-corrected chi connectivity index (χ0v) is 15.1. The largest absolute Gasteiger partial charge is 0.332 e.